The zero-order valence-electron chi connectivity index (χ0n) is 7.01. The summed E-state index contributed by atoms with van der Waals surface area (Å²) >= 11 is 11.1. The van der Waals surface area contributed by atoms with Gasteiger partial charge in [0.2, 0.25) is 0 Å². The van der Waals surface area contributed by atoms with E-state index in [0.717, 1.165) is 0 Å². The molecule has 0 spiro atoms. The molecule has 1 aromatic rings. The Morgan fingerprint density at radius 3 is 2.77 bits per heavy atom. The predicted octanol–water partition coefficient (Wildman–Crippen LogP) is 3.12. The summed E-state index contributed by atoms with van der Waals surface area (Å²) in [5.41, 5.74) is 0.341. The summed E-state index contributed by atoms with van der Waals surface area (Å²) in [4.78, 5) is 10.9. The van der Waals surface area contributed by atoms with E-state index in [1.807, 2.05) is 6.92 Å². The number of carbonyl (C=O) groups excluding carboxylic acids is 1. The van der Waals surface area contributed by atoms with Crippen LogP contribution < -0.4 is 4.74 Å². The minimum atomic E-state index is -0.542. The fourth-order valence-corrected chi connectivity index (χ4v) is 1.25. The zero-order chi connectivity index (χ0) is 9.84. The Morgan fingerprint density at radius 1 is 1.54 bits per heavy atom. The van der Waals surface area contributed by atoms with Crippen molar-refractivity contribution >= 4 is 28.4 Å². The highest BCUT2D eigenvalue weighted by Gasteiger charge is 2.09. The van der Waals surface area contributed by atoms with Gasteiger partial charge in [0.05, 0.1) is 12.2 Å². The molecule has 0 aliphatic heterocycles. The Labute approximate surface area is 86.4 Å². The molecule has 0 amide bonds. The molecular formula is C9H8Cl2O2. The number of rotatable bonds is 3. The van der Waals surface area contributed by atoms with Crippen LogP contribution in [0, 0.1) is 0 Å². The van der Waals surface area contributed by atoms with E-state index in [1.54, 1.807) is 18.2 Å². The molecule has 0 bridgehead atoms. The Bertz CT molecular complexity index is 323. The smallest absolute Gasteiger partial charge is 0.256 e. The van der Waals surface area contributed by atoms with E-state index < -0.39 is 5.24 Å². The summed E-state index contributed by atoms with van der Waals surface area (Å²) in [6.45, 7) is 2.29. The first-order chi connectivity index (χ1) is 6.15. The first kappa shape index (κ1) is 10.4. The van der Waals surface area contributed by atoms with Gasteiger partial charge in [0.1, 0.15) is 5.75 Å². The van der Waals surface area contributed by atoms with Crippen LogP contribution in [-0.4, -0.2) is 11.8 Å². The van der Waals surface area contributed by atoms with E-state index in [0.29, 0.717) is 22.9 Å². The molecule has 0 N–H and O–H groups in total. The van der Waals surface area contributed by atoms with Crippen LogP contribution >= 0.6 is 23.2 Å². The molecule has 0 fully saturated rings. The lowest BCUT2D eigenvalue weighted by molar-refractivity contribution is 0.107. The molecule has 0 saturated heterocycles. The molecule has 4 heteroatoms. The molecular weight excluding hydrogens is 211 g/mol. The SMILES string of the molecule is CCOc1cc(Cl)ccc1C(=O)Cl. The fourth-order valence-electron chi connectivity index (χ4n) is 0.933. The van der Waals surface area contributed by atoms with E-state index in [4.69, 9.17) is 27.9 Å². The van der Waals surface area contributed by atoms with Crippen LogP contribution in [0.25, 0.3) is 0 Å². The van der Waals surface area contributed by atoms with Gasteiger partial charge in [-0.15, -0.1) is 0 Å². The second kappa shape index (κ2) is 4.49. The van der Waals surface area contributed by atoms with Crippen molar-refractivity contribution in [1.29, 1.82) is 0 Å². The van der Waals surface area contributed by atoms with Crippen LogP contribution in [-0.2, 0) is 0 Å². The first-order valence-electron chi connectivity index (χ1n) is 3.77. The van der Waals surface area contributed by atoms with Gasteiger partial charge < -0.3 is 4.74 Å². The van der Waals surface area contributed by atoms with Crippen molar-refractivity contribution in [2.45, 2.75) is 6.92 Å². The van der Waals surface area contributed by atoms with Gasteiger partial charge in [0.25, 0.3) is 5.24 Å². The lowest BCUT2D eigenvalue weighted by Crippen LogP contribution is -1.98. The molecule has 1 rings (SSSR count). The normalized spacial score (nSPS) is 9.77. The maximum absolute atomic E-state index is 10.9. The molecule has 13 heavy (non-hydrogen) atoms. The van der Waals surface area contributed by atoms with Crippen LogP contribution in [0.2, 0.25) is 5.02 Å². The highest BCUT2D eigenvalue weighted by atomic mass is 35.5. The summed E-state index contributed by atoms with van der Waals surface area (Å²) in [5.74, 6) is 0.426. The summed E-state index contributed by atoms with van der Waals surface area (Å²) in [6.07, 6.45) is 0. The van der Waals surface area contributed by atoms with E-state index in [2.05, 4.69) is 0 Å². The summed E-state index contributed by atoms with van der Waals surface area (Å²) in [6, 6.07) is 4.71. The number of ether oxygens (including phenoxy) is 1. The highest BCUT2D eigenvalue weighted by molar-refractivity contribution is 6.68. The van der Waals surface area contributed by atoms with Crippen molar-refractivity contribution in [3.63, 3.8) is 0 Å². The third-order valence-electron chi connectivity index (χ3n) is 1.46. The Morgan fingerprint density at radius 2 is 2.23 bits per heavy atom. The van der Waals surface area contributed by atoms with Crippen molar-refractivity contribution in [3.05, 3.63) is 28.8 Å². The second-order valence-electron chi connectivity index (χ2n) is 2.35. The Balaban J connectivity index is 3.10. The van der Waals surface area contributed by atoms with Gasteiger partial charge in [0, 0.05) is 5.02 Å². The average Bonchev–Trinajstić information content (AvgIpc) is 2.04. The highest BCUT2D eigenvalue weighted by Crippen LogP contribution is 2.24. The van der Waals surface area contributed by atoms with Crippen molar-refractivity contribution in [1.82, 2.24) is 0 Å². The van der Waals surface area contributed by atoms with Crippen LogP contribution in [0.5, 0.6) is 5.75 Å². The maximum atomic E-state index is 10.9. The fraction of sp³-hybridized carbons (Fsp3) is 0.222. The molecule has 0 saturated carbocycles. The van der Waals surface area contributed by atoms with Crippen LogP contribution in [0.15, 0.2) is 18.2 Å². The van der Waals surface area contributed by atoms with E-state index in [1.165, 1.54) is 0 Å². The predicted molar refractivity (Wildman–Crippen MR) is 52.8 cm³/mol. The van der Waals surface area contributed by atoms with E-state index in [9.17, 15) is 4.79 Å². The molecule has 2 nitrogen and oxygen atoms in total. The van der Waals surface area contributed by atoms with Gasteiger partial charge in [-0.1, -0.05) is 11.6 Å². The molecule has 0 aliphatic carbocycles. The van der Waals surface area contributed by atoms with Gasteiger partial charge in [-0.2, -0.15) is 0 Å². The average molecular weight is 219 g/mol. The molecule has 1 aromatic carbocycles. The van der Waals surface area contributed by atoms with Crippen LogP contribution in [0.1, 0.15) is 17.3 Å². The Kier molecular flexibility index (Phi) is 3.58. The largest absolute Gasteiger partial charge is 0.493 e. The van der Waals surface area contributed by atoms with Crippen molar-refractivity contribution in [3.8, 4) is 5.75 Å². The minimum Gasteiger partial charge on any atom is -0.493 e. The number of hydrogen-bond donors (Lipinski definition) is 0. The third-order valence-corrected chi connectivity index (χ3v) is 1.89. The van der Waals surface area contributed by atoms with E-state index >= 15 is 0 Å². The summed E-state index contributed by atoms with van der Waals surface area (Å²) in [5, 5.41) is -0.0229. The molecule has 0 heterocycles. The number of benzene rings is 1. The maximum Gasteiger partial charge on any atom is 0.256 e. The number of hydrogen-bond acceptors (Lipinski definition) is 2. The lowest BCUT2D eigenvalue weighted by atomic mass is 10.2. The molecule has 0 aliphatic rings. The molecule has 70 valence electrons. The van der Waals surface area contributed by atoms with Gasteiger partial charge in [0.15, 0.2) is 0 Å². The monoisotopic (exact) mass is 218 g/mol. The number of carbonyl (C=O) groups is 1. The summed E-state index contributed by atoms with van der Waals surface area (Å²) in [7, 11) is 0. The standard InChI is InChI=1S/C9H8Cl2O2/c1-2-13-8-5-6(10)3-4-7(8)9(11)12/h3-5H,2H2,1H3. The second-order valence-corrected chi connectivity index (χ2v) is 3.13. The van der Waals surface area contributed by atoms with Crippen molar-refractivity contribution in [2.24, 2.45) is 0 Å². The topological polar surface area (TPSA) is 26.3 Å². The number of halogens is 2. The quantitative estimate of drug-likeness (QED) is 0.730. The van der Waals surface area contributed by atoms with Gasteiger partial charge in [-0.05, 0) is 36.7 Å². The first-order valence-corrected chi connectivity index (χ1v) is 4.53. The van der Waals surface area contributed by atoms with Gasteiger partial charge in [-0.3, -0.25) is 4.79 Å². The third kappa shape index (κ3) is 2.61. The zero-order valence-corrected chi connectivity index (χ0v) is 8.52. The summed E-state index contributed by atoms with van der Waals surface area (Å²) < 4.78 is 5.19. The van der Waals surface area contributed by atoms with Gasteiger partial charge in [-0.25, -0.2) is 0 Å². The lowest BCUT2D eigenvalue weighted by Gasteiger charge is -2.06. The van der Waals surface area contributed by atoms with E-state index in [-0.39, 0.29) is 0 Å². The van der Waals surface area contributed by atoms with Crippen molar-refractivity contribution < 1.29 is 9.53 Å². The molecule has 0 aromatic heterocycles. The van der Waals surface area contributed by atoms with Crippen LogP contribution in [0.3, 0.4) is 0 Å². The van der Waals surface area contributed by atoms with Crippen molar-refractivity contribution in [2.75, 3.05) is 6.61 Å². The van der Waals surface area contributed by atoms with Crippen LogP contribution in [0.4, 0.5) is 0 Å². The molecule has 0 unspecified atom stereocenters. The Hall–Kier alpha value is -0.730. The minimum absolute atomic E-state index is 0.341. The molecule has 0 radical (unpaired) electrons. The van der Waals surface area contributed by atoms with Gasteiger partial charge >= 0.3 is 0 Å². The molecule has 0 atom stereocenters.